The Morgan fingerprint density at radius 3 is 2.38 bits per heavy atom. The molecule has 0 bridgehead atoms. The van der Waals surface area contributed by atoms with Crippen LogP contribution < -0.4 is 0 Å². The average Bonchev–Trinajstić information content (AvgIpc) is 2.50. The Bertz CT molecular complexity index is 830. The summed E-state index contributed by atoms with van der Waals surface area (Å²) < 4.78 is 74.8. The molecule has 1 heterocycles. The molecular weight excluding hydrogens is 372 g/mol. The summed E-state index contributed by atoms with van der Waals surface area (Å²) in [5.74, 6) is -1.05. The van der Waals surface area contributed by atoms with E-state index < -0.39 is 33.5 Å². The first-order valence-corrected chi connectivity index (χ1v) is 8.23. The van der Waals surface area contributed by atoms with Crippen LogP contribution in [0.1, 0.15) is 11.6 Å². The molecule has 0 amide bonds. The number of nitrogens with one attached hydrogen (secondary N) is 1. The molecule has 11 heteroatoms. The summed E-state index contributed by atoms with van der Waals surface area (Å²) in [5, 5.41) is -0.342. The molecule has 0 saturated heterocycles. The molecule has 0 aliphatic heterocycles. The van der Waals surface area contributed by atoms with Crippen LogP contribution in [0.25, 0.3) is 0 Å². The fourth-order valence-corrected chi connectivity index (χ4v) is 3.43. The molecule has 2 rings (SSSR count). The number of halogens is 5. The summed E-state index contributed by atoms with van der Waals surface area (Å²) in [6.07, 6.45) is -1.83. The summed E-state index contributed by atoms with van der Waals surface area (Å²) in [7, 11) is -3.19. The van der Waals surface area contributed by atoms with Gasteiger partial charge in [-0.25, -0.2) is 27.7 Å². The smallest absolute Gasteiger partial charge is 0.243 e. The van der Waals surface area contributed by atoms with E-state index in [1.54, 1.807) is 0 Å². The first kappa shape index (κ1) is 18.6. The van der Waals surface area contributed by atoms with Crippen LogP contribution in [0.2, 0.25) is 5.02 Å². The molecule has 0 fully saturated rings. The van der Waals surface area contributed by atoms with Gasteiger partial charge < -0.3 is 0 Å². The van der Waals surface area contributed by atoms with Gasteiger partial charge in [0.05, 0.1) is 9.92 Å². The monoisotopic (exact) mass is 382 g/mol. The number of benzene rings is 1. The van der Waals surface area contributed by atoms with Gasteiger partial charge in [0.15, 0.2) is 0 Å². The third-order valence-corrected chi connectivity index (χ3v) is 5.37. The first-order valence-electron chi connectivity index (χ1n) is 6.33. The van der Waals surface area contributed by atoms with Gasteiger partial charge in [0.25, 0.3) is 0 Å². The summed E-state index contributed by atoms with van der Waals surface area (Å²) >= 11 is 5.49. The molecule has 24 heavy (non-hydrogen) atoms. The predicted octanol–water partition coefficient (Wildman–Crippen LogP) is 3.83. The SMILES string of the molecule is CN(C(c1ccc(Cl)c(F)c1)C(F)(F)F)S(=N)(=O)c1cncnc1. The maximum atomic E-state index is 13.6. The van der Waals surface area contributed by atoms with E-state index in [9.17, 15) is 21.8 Å². The molecule has 2 unspecified atom stereocenters. The van der Waals surface area contributed by atoms with Crippen molar-refractivity contribution < 1.29 is 21.8 Å². The van der Waals surface area contributed by atoms with E-state index in [0.717, 1.165) is 37.9 Å². The van der Waals surface area contributed by atoms with Crippen LogP contribution in [0.4, 0.5) is 17.6 Å². The van der Waals surface area contributed by atoms with Crippen LogP contribution in [-0.2, 0) is 9.92 Å². The van der Waals surface area contributed by atoms with Crippen molar-refractivity contribution in [3.05, 3.63) is 53.3 Å². The van der Waals surface area contributed by atoms with Gasteiger partial charge >= 0.3 is 6.18 Å². The second kappa shape index (κ2) is 6.61. The summed E-state index contributed by atoms with van der Waals surface area (Å²) in [5.41, 5.74) is -0.524. The highest BCUT2D eigenvalue weighted by atomic mass is 35.5. The number of rotatable bonds is 4. The molecule has 0 spiro atoms. The Labute approximate surface area is 140 Å². The highest BCUT2D eigenvalue weighted by molar-refractivity contribution is 7.90. The molecule has 2 aromatic rings. The number of aromatic nitrogens is 2. The zero-order chi connectivity index (χ0) is 18.1. The maximum absolute atomic E-state index is 13.6. The van der Waals surface area contributed by atoms with Crippen molar-refractivity contribution in [2.75, 3.05) is 7.05 Å². The highest BCUT2D eigenvalue weighted by Crippen LogP contribution is 2.40. The van der Waals surface area contributed by atoms with E-state index in [-0.39, 0.29) is 9.92 Å². The van der Waals surface area contributed by atoms with Crippen molar-refractivity contribution >= 4 is 21.5 Å². The van der Waals surface area contributed by atoms with Gasteiger partial charge in [-0.15, -0.1) is 0 Å². The van der Waals surface area contributed by atoms with Crippen molar-refractivity contribution in [2.45, 2.75) is 17.1 Å². The molecule has 0 aliphatic rings. The quantitative estimate of drug-likeness (QED) is 0.817. The van der Waals surface area contributed by atoms with E-state index in [1.165, 1.54) is 0 Å². The van der Waals surface area contributed by atoms with Crippen LogP contribution in [0.3, 0.4) is 0 Å². The number of nitrogens with zero attached hydrogens (tertiary/aromatic N) is 3. The molecule has 1 N–H and O–H groups in total. The van der Waals surface area contributed by atoms with Gasteiger partial charge in [0, 0.05) is 19.4 Å². The van der Waals surface area contributed by atoms with E-state index in [1.807, 2.05) is 0 Å². The molecular formula is C13H11ClF4N4OS. The zero-order valence-electron chi connectivity index (χ0n) is 12.1. The Morgan fingerprint density at radius 2 is 1.88 bits per heavy atom. The maximum Gasteiger partial charge on any atom is 0.409 e. The van der Waals surface area contributed by atoms with E-state index in [4.69, 9.17) is 16.4 Å². The normalized spacial score (nSPS) is 16.0. The molecule has 0 radical (unpaired) electrons. The highest BCUT2D eigenvalue weighted by Gasteiger charge is 2.47. The third kappa shape index (κ3) is 3.65. The lowest BCUT2D eigenvalue weighted by molar-refractivity contribution is -0.170. The minimum absolute atomic E-state index is 0.295. The standard InChI is InChI=1S/C13H11ClF4N4OS/c1-22(24(19,23)9-5-20-7-21-6-9)12(13(16,17)18)8-2-3-10(14)11(15)4-8/h2-7,12,19H,1H3. The second-order valence-corrected chi connectivity index (χ2v) is 7.27. The second-order valence-electron chi connectivity index (χ2n) is 4.76. The molecule has 1 aromatic heterocycles. The first-order chi connectivity index (χ1) is 11.0. The lowest BCUT2D eigenvalue weighted by Crippen LogP contribution is -2.39. The largest absolute Gasteiger partial charge is 0.409 e. The Balaban J connectivity index is 2.54. The van der Waals surface area contributed by atoms with Gasteiger partial charge in [-0.2, -0.15) is 13.2 Å². The minimum Gasteiger partial charge on any atom is -0.243 e. The summed E-state index contributed by atoms with van der Waals surface area (Å²) in [4.78, 5) is 6.82. The number of alkyl halides is 3. The fraction of sp³-hybridized carbons (Fsp3) is 0.231. The third-order valence-electron chi connectivity index (χ3n) is 3.19. The molecule has 1 aromatic carbocycles. The van der Waals surface area contributed by atoms with Gasteiger partial charge in [0.2, 0.25) is 0 Å². The van der Waals surface area contributed by atoms with Gasteiger partial charge in [0.1, 0.15) is 28.1 Å². The van der Waals surface area contributed by atoms with E-state index in [0.29, 0.717) is 10.4 Å². The Morgan fingerprint density at radius 1 is 1.29 bits per heavy atom. The van der Waals surface area contributed by atoms with Crippen LogP contribution in [0, 0.1) is 10.6 Å². The van der Waals surface area contributed by atoms with Crippen LogP contribution in [0.15, 0.2) is 41.8 Å². The van der Waals surface area contributed by atoms with Gasteiger partial charge in [-0.3, -0.25) is 0 Å². The van der Waals surface area contributed by atoms with Crippen molar-refractivity contribution in [2.24, 2.45) is 0 Å². The summed E-state index contributed by atoms with van der Waals surface area (Å²) in [6, 6.07) is 0.0656. The van der Waals surface area contributed by atoms with Crippen molar-refractivity contribution in [3.63, 3.8) is 0 Å². The Kier molecular flexibility index (Phi) is 5.11. The van der Waals surface area contributed by atoms with Crippen LogP contribution in [0.5, 0.6) is 0 Å². The molecule has 5 nitrogen and oxygen atoms in total. The molecule has 0 aliphatic carbocycles. The lowest BCUT2D eigenvalue weighted by Gasteiger charge is -2.31. The molecule has 2 atom stereocenters. The predicted molar refractivity (Wildman–Crippen MR) is 79.1 cm³/mol. The van der Waals surface area contributed by atoms with E-state index in [2.05, 4.69) is 9.97 Å². The zero-order valence-corrected chi connectivity index (χ0v) is 13.7. The van der Waals surface area contributed by atoms with Gasteiger partial charge in [-0.05, 0) is 17.7 Å². The van der Waals surface area contributed by atoms with Crippen molar-refractivity contribution in [3.8, 4) is 0 Å². The van der Waals surface area contributed by atoms with Crippen LogP contribution >= 0.6 is 11.6 Å². The molecule has 0 saturated carbocycles. The summed E-state index contributed by atoms with van der Waals surface area (Å²) in [6.45, 7) is 0. The van der Waals surface area contributed by atoms with Crippen LogP contribution in [-0.4, -0.2) is 31.7 Å². The van der Waals surface area contributed by atoms with Crippen molar-refractivity contribution in [1.29, 1.82) is 4.78 Å². The Hall–Kier alpha value is -1.78. The topological polar surface area (TPSA) is 69.9 Å². The average molecular weight is 383 g/mol. The fourth-order valence-electron chi connectivity index (χ4n) is 2.03. The minimum atomic E-state index is -4.91. The lowest BCUT2D eigenvalue weighted by atomic mass is 10.1. The van der Waals surface area contributed by atoms with E-state index >= 15 is 0 Å². The number of hydrogen-bond acceptors (Lipinski definition) is 4. The van der Waals surface area contributed by atoms with Crippen molar-refractivity contribution in [1.82, 2.24) is 14.3 Å². The number of hydrogen-bond donors (Lipinski definition) is 1. The van der Waals surface area contributed by atoms with Gasteiger partial charge in [-0.1, -0.05) is 17.7 Å². The molecule has 130 valence electrons.